The standard InChI is InChI=1S/C29H25BrCl3NO3S/c1-2-3-20(16-4-6-17(7-5-16)29(37)34-11-10-26(35)36)27(18-8-9-24(32)25(33)12-18)22-15-38-28-21(22)13-19(31)14-23(28)30/h4-9,12-15,20,27H,2-3,10-11H2,1H3,(H,34,37)(H,35,36). The van der Waals surface area contributed by atoms with E-state index in [9.17, 15) is 9.59 Å². The molecule has 0 spiro atoms. The van der Waals surface area contributed by atoms with Crippen LogP contribution in [-0.2, 0) is 4.79 Å². The number of amides is 1. The summed E-state index contributed by atoms with van der Waals surface area (Å²) in [6.45, 7) is 2.24. The molecule has 0 aliphatic heterocycles. The number of benzene rings is 3. The molecule has 1 amide bonds. The quantitative estimate of drug-likeness (QED) is 0.179. The molecule has 2 atom stereocenters. The number of rotatable bonds is 10. The number of fused-ring (bicyclic) bond motifs is 1. The maximum Gasteiger partial charge on any atom is 0.305 e. The van der Waals surface area contributed by atoms with Crippen LogP contribution >= 0.6 is 62.1 Å². The molecule has 4 nitrogen and oxygen atoms in total. The summed E-state index contributed by atoms with van der Waals surface area (Å²) in [4.78, 5) is 23.3. The zero-order valence-electron chi connectivity index (χ0n) is 20.4. The molecule has 0 saturated carbocycles. The van der Waals surface area contributed by atoms with Crippen molar-refractivity contribution >= 4 is 84.0 Å². The number of carboxylic acids is 1. The highest BCUT2D eigenvalue weighted by Gasteiger charge is 2.29. The number of aliphatic carboxylic acids is 1. The summed E-state index contributed by atoms with van der Waals surface area (Å²) in [7, 11) is 0. The monoisotopic (exact) mass is 651 g/mol. The van der Waals surface area contributed by atoms with Gasteiger partial charge in [0.05, 0.1) is 16.5 Å². The van der Waals surface area contributed by atoms with Crippen molar-refractivity contribution in [3.63, 3.8) is 0 Å². The van der Waals surface area contributed by atoms with E-state index in [2.05, 4.69) is 33.6 Å². The van der Waals surface area contributed by atoms with Gasteiger partial charge in [-0.15, -0.1) is 11.3 Å². The van der Waals surface area contributed by atoms with Crippen molar-refractivity contribution in [1.29, 1.82) is 0 Å². The summed E-state index contributed by atoms with van der Waals surface area (Å²) >= 11 is 24.6. The zero-order chi connectivity index (χ0) is 27.4. The van der Waals surface area contributed by atoms with Crippen LogP contribution < -0.4 is 5.32 Å². The molecule has 0 fully saturated rings. The molecule has 2 unspecified atom stereocenters. The third-order valence-electron chi connectivity index (χ3n) is 6.49. The number of nitrogens with one attached hydrogen (secondary N) is 1. The summed E-state index contributed by atoms with van der Waals surface area (Å²) in [5, 5.41) is 16.4. The van der Waals surface area contributed by atoms with Crippen LogP contribution in [0.4, 0.5) is 0 Å². The van der Waals surface area contributed by atoms with Gasteiger partial charge >= 0.3 is 5.97 Å². The Balaban J connectivity index is 1.78. The first-order valence-corrected chi connectivity index (χ1v) is 14.9. The van der Waals surface area contributed by atoms with Gasteiger partial charge in [0, 0.05) is 32.2 Å². The topological polar surface area (TPSA) is 66.4 Å². The fourth-order valence-electron chi connectivity index (χ4n) is 4.76. The van der Waals surface area contributed by atoms with Gasteiger partial charge in [0.25, 0.3) is 5.91 Å². The Morgan fingerprint density at radius 1 is 1.00 bits per heavy atom. The van der Waals surface area contributed by atoms with Gasteiger partial charge in [0.15, 0.2) is 0 Å². The van der Waals surface area contributed by atoms with Crippen molar-refractivity contribution in [3.8, 4) is 0 Å². The third kappa shape index (κ3) is 6.54. The largest absolute Gasteiger partial charge is 0.481 e. The first-order valence-electron chi connectivity index (χ1n) is 12.1. The molecule has 0 saturated heterocycles. The molecule has 1 aromatic heterocycles. The van der Waals surface area contributed by atoms with Gasteiger partial charge in [0.2, 0.25) is 0 Å². The minimum absolute atomic E-state index is 0.0425. The lowest BCUT2D eigenvalue weighted by Crippen LogP contribution is -2.26. The number of carbonyl (C=O) groups excluding carboxylic acids is 1. The zero-order valence-corrected chi connectivity index (χ0v) is 25.1. The third-order valence-corrected chi connectivity index (χ3v) is 9.38. The van der Waals surface area contributed by atoms with Crippen molar-refractivity contribution in [2.45, 2.75) is 38.0 Å². The van der Waals surface area contributed by atoms with Crippen LogP contribution in [0.25, 0.3) is 10.1 Å². The van der Waals surface area contributed by atoms with E-state index in [4.69, 9.17) is 39.9 Å². The van der Waals surface area contributed by atoms with Gasteiger partial charge in [-0.3, -0.25) is 9.59 Å². The van der Waals surface area contributed by atoms with Crippen LogP contribution in [0.3, 0.4) is 0 Å². The molecule has 198 valence electrons. The molecule has 1 heterocycles. The first-order chi connectivity index (χ1) is 18.2. The number of carboxylic acid groups (broad SMARTS) is 1. The molecule has 9 heteroatoms. The van der Waals surface area contributed by atoms with Gasteiger partial charge in [-0.2, -0.15) is 0 Å². The molecule has 0 bridgehead atoms. The summed E-state index contributed by atoms with van der Waals surface area (Å²) < 4.78 is 2.08. The second-order valence-electron chi connectivity index (χ2n) is 9.02. The lowest BCUT2D eigenvalue weighted by molar-refractivity contribution is -0.136. The molecule has 0 aliphatic carbocycles. The Morgan fingerprint density at radius 3 is 2.37 bits per heavy atom. The van der Waals surface area contributed by atoms with Gasteiger partial charge < -0.3 is 10.4 Å². The van der Waals surface area contributed by atoms with Crippen LogP contribution in [0, 0.1) is 0 Å². The van der Waals surface area contributed by atoms with Crippen molar-refractivity contribution in [2.75, 3.05) is 6.54 Å². The number of carbonyl (C=O) groups is 2. The van der Waals surface area contributed by atoms with Crippen molar-refractivity contribution in [2.24, 2.45) is 0 Å². The number of hydrogen-bond donors (Lipinski definition) is 2. The van der Waals surface area contributed by atoms with Crippen molar-refractivity contribution in [3.05, 3.63) is 102 Å². The summed E-state index contributed by atoms with van der Waals surface area (Å²) in [5.41, 5.74) is 3.77. The Kier molecular flexibility index (Phi) is 9.77. The van der Waals surface area contributed by atoms with Crippen LogP contribution in [-0.4, -0.2) is 23.5 Å². The van der Waals surface area contributed by atoms with Gasteiger partial charge in [-0.05, 0) is 92.1 Å². The average molecular weight is 654 g/mol. The first kappa shape index (κ1) is 28.9. The van der Waals surface area contributed by atoms with Crippen LogP contribution in [0.15, 0.2) is 64.5 Å². The van der Waals surface area contributed by atoms with E-state index in [1.165, 1.54) is 0 Å². The van der Waals surface area contributed by atoms with E-state index in [0.717, 1.165) is 44.1 Å². The molecule has 38 heavy (non-hydrogen) atoms. The van der Waals surface area contributed by atoms with Gasteiger partial charge in [-0.1, -0.05) is 66.3 Å². The second-order valence-corrected chi connectivity index (χ2v) is 12.0. The predicted octanol–water partition coefficient (Wildman–Crippen LogP) is 9.54. The minimum atomic E-state index is -0.953. The Labute approximate surface area is 249 Å². The van der Waals surface area contributed by atoms with E-state index in [1.807, 2.05) is 42.5 Å². The van der Waals surface area contributed by atoms with Crippen molar-refractivity contribution < 1.29 is 14.7 Å². The lowest BCUT2D eigenvalue weighted by atomic mass is 9.75. The smallest absolute Gasteiger partial charge is 0.305 e. The predicted molar refractivity (Wildman–Crippen MR) is 162 cm³/mol. The SMILES string of the molecule is CCCC(c1ccc(C(=O)NCCC(=O)O)cc1)C(c1ccc(Cl)c(Cl)c1)c1csc2c(Br)cc(Cl)cc12. The van der Waals surface area contributed by atoms with E-state index in [0.29, 0.717) is 20.6 Å². The normalized spacial score (nSPS) is 12.9. The Morgan fingerprint density at radius 2 is 1.71 bits per heavy atom. The minimum Gasteiger partial charge on any atom is -0.481 e. The molecule has 4 aromatic rings. The molecule has 3 aromatic carbocycles. The Bertz CT molecular complexity index is 1470. The molecule has 0 aliphatic rings. The number of thiophene rings is 1. The van der Waals surface area contributed by atoms with E-state index >= 15 is 0 Å². The molecular weight excluding hydrogens is 629 g/mol. The summed E-state index contributed by atoms with van der Waals surface area (Å²) in [6, 6.07) is 17.2. The Hall–Kier alpha value is -2.09. The fourth-order valence-corrected chi connectivity index (χ4v) is 7.15. The highest BCUT2D eigenvalue weighted by atomic mass is 79.9. The highest BCUT2D eigenvalue weighted by molar-refractivity contribution is 9.10. The molecule has 0 radical (unpaired) electrons. The number of hydrogen-bond acceptors (Lipinski definition) is 3. The van der Waals surface area contributed by atoms with Crippen LogP contribution in [0.2, 0.25) is 15.1 Å². The second kappa shape index (κ2) is 12.8. The molecule has 4 rings (SSSR count). The van der Waals surface area contributed by atoms with Crippen LogP contribution in [0.5, 0.6) is 0 Å². The van der Waals surface area contributed by atoms with E-state index < -0.39 is 5.97 Å². The molecular formula is C29H25BrCl3NO3S. The fraction of sp³-hybridized carbons (Fsp3) is 0.241. The molecule has 2 N–H and O–H groups in total. The number of halogens is 4. The maximum atomic E-state index is 12.5. The van der Waals surface area contributed by atoms with Crippen LogP contribution in [0.1, 0.15) is 65.1 Å². The summed E-state index contributed by atoms with van der Waals surface area (Å²) in [6.07, 6.45) is 1.73. The highest BCUT2D eigenvalue weighted by Crippen LogP contribution is 2.48. The summed E-state index contributed by atoms with van der Waals surface area (Å²) in [5.74, 6) is -1.21. The van der Waals surface area contributed by atoms with Crippen molar-refractivity contribution in [1.82, 2.24) is 5.32 Å². The van der Waals surface area contributed by atoms with E-state index in [-0.39, 0.29) is 30.7 Å². The van der Waals surface area contributed by atoms with Gasteiger partial charge in [0.1, 0.15) is 0 Å². The average Bonchev–Trinajstić information content (AvgIpc) is 3.29. The van der Waals surface area contributed by atoms with Gasteiger partial charge in [-0.25, -0.2) is 0 Å². The van der Waals surface area contributed by atoms with E-state index in [1.54, 1.807) is 23.5 Å². The maximum absolute atomic E-state index is 12.5. The lowest BCUT2D eigenvalue weighted by Gasteiger charge is -2.29.